The Morgan fingerprint density at radius 3 is 2.67 bits per heavy atom. The van der Waals surface area contributed by atoms with Gasteiger partial charge in [0.25, 0.3) is 0 Å². The van der Waals surface area contributed by atoms with Crippen molar-refractivity contribution in [3.05, 3.63) is 57.0 Å². The number of nitrogens with one attached hydrogen (secondary N) is 1. The Morgan fingerprint density at radius 1 is 1.22 bits per heavy atom. The van der Waals surface area contributed by atoms with Gasteiger partial charge in [-0.3, -0.25) is 10.1 Å². The third-order valence-electron chi connectivity index (χ3n) is 2.43. The van der Waals surface area contributed by atoms with Crippen molar-refractivity contribution in [1.82, 2.24) is 5.32 Å². The summed E-state index contributed by atoms with van der Waals surface area (Å²) in [5.74, 6) is 0.252. The minimum absolute atomic E-state index is 0.148. The van der Waals surface area contributed by atoms with E-state index in [0.717, 1.165) is 21.8 Å². The second kappa shape index (κ2) is 5.61. The van der Waals surface area contributed by atoms with Crippen LogP contribution < -0.4 is 5.32 Å². The largest absolute Gasteiger partial charge is 0.508 e. The summed E-state index contributed by atoms with van der Waals surface area (Å²) >= 11 is 1.16. The number of phenols is 1. The molecule has 6 heteroatoms. The molecular weight excluding hydrogens is 252 g/mol. The molecule has 0 unspecified atom stereocenters. The lowest BCUT2D eigenvalue weighted by Crippen LogP contribution is -2.11. The molecule has 18 heavy (non-hydrogen) atoms. The lowest BCUT2D eigenvalue weighted by Gasteiger charge is -2.05. The second-order valence-corrected chi connectivity index (χ2v) is 4.88. The van der Waals surface area contributed by atoms with Crippen molar-refractivity contribution in [1.29, 1.82) is 0 Å². The number of nitrogens with zero attached hydrogens (tertiary/aromatic N) is 1. The number of thiophene rings is 1. The Kier molecular flexibility index (Phi) is 3.91. The average molecular weight is 264 g/mol. The molecular formula is C12H12N2O3S. The first-order chi connectivity index (χ1) is 8.66. The summed E-state index contributed by atoms with van der Waals surface area (Å²) < 4.78 is 0. The first-order valence-electron chi connectivity index (χ1n) is 5.37. The first kappa shape index (κ1) is 12.5. The lowest BCUT2D eigenvalue weighted by molar-refractivity contribution is -0.380. The molecule has 0 saturated heterocycles. The zero-order valence-electron chi connectivity index (χ0n) is 9.50. The number of benzene rings is 1. The molecule has 2 aromatic rings. The molecule has 0 atom stereocenters. The molecule has 0 spiro atoms. The van der Waals surface area contributed by atoms with Gasteiger partial charge in [0.2, 0.25) is 0 Å². The fraction of sp³-hybridized carbons (Fsp3) is 0.167. The minimum atomic E-state index is -0.392. The molecule has 1 aromatic carbocycles. The quantitative estimate of drug-likeness (QED) is 0.643. The highest BCUT2D eigenvalue weighted by Crippen LogP contribution is 2.24. The van der Waals surface area contributed by atoms with Gasteiger partial charge in [0.05, 0.1) is 4.92 Å². The maximum Gasteiger partial charge on any atom is 0.324 e. The number of para-hydroxylation sites is 1. The third-order valence-corrected chi connectivity index (χ3v) is 3.47. The number of nitro groups is 1. The van der Waals surface area contributed by atoms with Crippen LogP contribution in [-0.2, 0) is 13.1 Å². The van der Waals surface area contributed by atoms with Crippen LogP contribution in [0.25, 0.3) is 0 Å². The molecule has 0 bridgehead atoms. The molecule has 1 heterocycles. The van der Waals surface area contributed by atoms with Gasteiger partial charge in [-0.25, -0.2) is 0 Å². The molecule has 0 aliphatic rings. The Bertz CT molecular complexity index is 554. The van der Waals surface area contributed by atoms with Crippen molar-refractivity contribution < 1.29 is 10.0 Å². The Morgan fingerprint density at radius 2 is 2.00 bits per heavy atom. The molecule has 2 N–H and O–H groups in total. The van der Waals surface area contributed by atoms with Crippen LogP contribution in [0.3, 0.4) is 0 Å². The molecule has 0 aliphatic carbocycles. The van der Waals surface area contributed by atoms with E-state index in [4.69, 9.17) is 0 Å². The smallest absolute Gasteiger partial charge is 0.324 e. The van der Waals surface area contributed by atoms with E-state index in [-0.39, 0.29) is 10.8 Å². The van der Waals surface area contributed by atoms with Crippen LogP contribution in [0.2, 0.25) is 0 Å². The third kappa shape index (κ3) is 3.06. The highest BCUT2D eigenvalue weighted by molar-refractivity contribution is 7.15. The number of aromatic hydroxyl groups is 1. The van der Waals surface area contributed by atoms with Gasteiger partial charge in [-0.1, -0.05) is 29.5 Å². The molecule has 0 fully saturated rings. The van der Waals surface area contributed by atoms with Crippen LogP contribution in [0.1, 0.15) is 10.4 Å². The molecule has 0 saturated carbocycles. The Hall–Kier alpha value is -1.92. The van der Waals surface area contributed by atoms with Crippen molar-refractivity contribution in [2.75, 3.05) is 0 Å². The maximum absolute atomic E-state index is 10.5. The van der Waals surface area contributed by atoms with Crippen molar-refractivity contribution >= 4 is 16.3 Å². The lowest BCUT2D eigenvalue weighted by atomic mass is 10.2. The van der Waals surface area contributed by atoms with Crippen molar-refractivity contribution in [3.8, 4) is 5.75 Å². The summed E-state index contributed by atoms with van der Waals surface area (Å²) in [6, 6.07) is 10.3. The molecule has 0 aliphatic heterocycles. The number of hydrogen-bond acceptors (Lipinski definition) is 5. The van der Waals surface area contributed by atoms with Crippen LogP contribution in [0, 0.1) is 10.1 Å². The second-order valence-electron chi connectivity index (χ2n) is 3.73. The highest BCUT2D eigenvalue weighted by Gasteiger charge is 2.09. The van der Waals surface area contributed by atoms with Crippen LogP contribution in [-0.4, -0.2) is 10.0 Å². The van der Waals surface area contributed by atoms with Gasteiger partial charge in [0.1, 0.15) is 5.75 Å². The van der Waals surface area contributed by atoms with Crippen LogP contribution in [0.4, 0.5) is 5.00 Å². The molecule has 0 amide bonds. The molecule has 5 nitrogen and oxygen atoms in total. The van der Waals surface area contributed by atoms with Crippen LogP contribution >= 0.6 is 11.3 Å². The Balaban J connectivity index is 1.88. The monoisotopic (exact) mass is 264 g/mol. The van der Waals surface area contributed by atoms with E-state index in [1.807, 2.05) is 12.1 Å². The van der Waals surface area contributed by atoms with Gasteiger partial charge in [0.15, 0.2) is 0 Å². The average Bonchev–Trinajstić information content (AvgIpc) is 2.80. The van der Waals surface area contributed by atoms with Crippen molar-refractivity contribution in [3.63, 3.8) is 0 Å². The zero-order chi connectivity index (χ0) is 13.0. The number of hydrogen-bond donors (Lipinski definition) is 2. The highest BCUT2D eigenvalue weighted by atomic mass is 32.1. The van der Waals surface area contributed by atoms with Gasteiger partial charge in [-0.2, -0.15) is 0 Å². The van der Waals surface area contributed by atoms with Crippen LogP contribution in [0.5, 0.6) is 5.75 Å². The van der Waals surface area contributed by atoms with E-state index >= 15 is 0 Å². The van der Waals surface area contributed by atoms with Gasteiger partial charge in [-0.05, 0) is 12.1 Å². The standard InChI is InChI=1S/C12H12N2O3S/c15-11-4-2-1-3-9(11)7-13-8-10-5-6-12(18-10)14(16)17/h1-6,13,15H,7-8H2. The van der Waals surface area contributed by atoms with Gasteiger partial charge >= 0.3 is 5.00 Å². The predicted octanol–water partition coefficient (Wildman–Crippen LogP) is 2.65. The zero-order valence-corrected chi connectivity index (χ0v) is 10.3. The SMILES string of the molecule is O=[N+]([O-])c1ccc(CNCc2ccccc2O)s1. The molecule has 1 aromatic heterocycles. The Labute approximate surface area is 108 Å². The van der Waals surface area contributed by atoms with Gasteiger partial charge < -0.3 is 10.4 Å². The molecule has 2 rings (SSSR count). The van der Waals surface area contributed by atoms with Crippen molar-refractivity contribution in [2.45, 2.75) is 13.1 Å². The van der Waals surface area contributed by atoms with Crippen LogP contribution in [0.15, 0.2) is 36.4 Å². The van der Waals surface area contributed by atoms with E-state index in [1.54, 1.807) is 18.2 Å². The summed E-state index contributed by atoms with van der Waals surface area (Å²) in [6.07, 6.45) is 0. The topological polar surface area (TPSA) is 75.4 Å². The fourth-order valence-corrected chi connectivity index (χ4v) is 2.33. The summed E-state index contributed by atoms with van der Waals surface area (Å²) in [6.45, 7) is 1.07. The van der Waals surface area contributed by atoms with Gasteiger partial charge in [0, 0.05) is 29.6 Å². The fourth-order valence-electron chi connectivity index (χ4n) is 1.54. The first-order valence-corrected chi connectivity index (χ1v) is 6.19. The van der Waals surface area contributed by atoms with Gasteiger partial charge in [-0.15, -0.1) is 0 Å². The predicted molar refractivity (Wildman–Crippen MR) is 69.6 cm³/mol. The van der Waals surface area contributed by atoms with E-state index in [2.05, 4.69) is 5.32 Å². The number of phenolic OH excluding ortho intramolecular Hbond substituents is 1. The molecule has 94 valence electrons. The summed E-state index contributed by atoms with van der Waals surface area (Å²) in [7, 11) is 0. The summed E-state index contributed by atoms with van der Waals surface area (Å²) in [4.78, 5) is 11.0. The van der Waals surface area contributed by atoms with E-state index in [9.17, 15) is 15.2 Å². The van der Waals surface area contributed by atoms with E-state index in [0.29, 0.717) is 13.1 Å². The minimum Gasteiger partial charge on any atom is -0.508 e. The number of rotatable bonds is 5. The van der Waals surface area contributed by atoms with E-state index in [1.165, 1.54) is 6.07 Å². The van der Waals surface area contributed by atoms with Crippen molar-refractivity contribution in [2.24, 2.45) is 0 Å². The summed E-state index contributed by atoms with van der Waals surface area (Å²) in [5.41, 5.74) is 0.809. The maximum atomic E-state index is 10.5. The van der Waals surface area contributed by atoms with E-state index < -0.39 is 4.92 Å². The molecule has 0 radical (unpaired) electrons. The summed E-state index contributed by atoms with van der Waals surface area (Å²) in [5, 5.41) is 23.4. The normalized spacial score (nSPS) is 10.4.